The highest BCUT2D eigenvalue weighted by atomic mass is 16.5. The minimum atomic E-state index is -1.13. The van der Waals surface area contributed by atoms with E-state index >= 15 is 0 Å². The number of rotatable bonds is 3. The van der Waals surface area contributed by atoms with Crippen LogP contribution in [0.5, 0.6) is 5.88 Å². The van der Waals surface area contributed by atoms with Crippen molar-refractivity contribution in [2.75, 3.05) is 13.7 Å². The van der Waals surface area contributed by atoms with Crippen LogP contribution in [0.25, 0.3) is 0 Å². The number of amides is 1. The van der Waals surface area contributed by atoms with Gasteiger partial charge in [0.2, 0.25) is 5.88 Å². The molecule has 7 nitrogen and oxygen atoms in total. The summed E-state index contributed by atoms with van der Waals surface area (Å²) in [6, 6.07) is 2.06. The Labute approximate surface area is 109 Å². The predicted octanol–water partition coefficient (Wildman–Crippen LogP) is -0.250. The number of hydrogen-bond donors (Lipinski definition) is 2. The van der Waals surface area contributed by atoms with Gasteiger partial charge >= 0.3 is 5.97 Å². The topological polar surface area (TPSA) is 100.0 Å². The average molecular weight is 266 g/mol. The van der Waals surface area contributed by atoms with E-state index in [1.165, 1.54) is 19.4 Å². The number of carboxylic acid groups (broad SMARTS) is 1. The molecule has 0 radical (unpaired) electrons. The van der Waals surface area contributed by atoms with Gasteiger partial charge in [-0.1, -0.05) is 0 Å². The first-order valence-corrected chi connectivity index (χ1v) is 5.75. The van der Waals surface area contributed by atoms with E-state index < -0.39 is 24.0 Å². The lowest BCUT2D eigenvalue weighted by atomic mass is 10.2. The number of carbonyl (C=O) groups is 2. The first-order valence-electron chi connectivity index (χ1n) is 5.75. The van der Waals surface area contributed by atoms with Gasteiger partial charge in [-0.25, -0.2) is 9.78 Å². The lowest BCUT2D eigenvalue weighted by Gasteiger charge is -2.21. The Morgan fingerprint density at radius 1 is 1.53 bits per heavy atom. The van der Waals surface area contributed by atoms with Crippen molar-refractivity contribution in [3.8, 4) is 5.88 Å². The van der Waals surface area contributed by atoms with Gasteiger partial charge in [-0.15, -0.1) is 0 Å². The number of methoxy groups -OCH3 is 1. The number of nitrogens with zero attached hydrogens (tertiary/aromatic N) is 2. The smallest absolute Gasteiger partial charge is 0.326 e. The molecule has 1 fully saturated rings. The van der Waals surface area contributed by atoms with E-state index in [9.17, 15) is 14.7 Å². The molecule has 1 saturated heterocycles. The Bertz CT molecular complexity index is 505. The predicted molar refractivity (Wildman–Crippen MR) is 63.9 cm³/mol. The van der Waals surface area contributed by atoms with E-state index in [4.69, 9.17) is 9.84 Å². The van der Waals surface area contributed by atoms with Crippen molar-refractivity contribution >= 4 is 11.9 Å². The molecule has 19 heavy (non-hydrogen) atoms. The average Bonchev–Trinajstić information content (AvgIpc) is 2.80. The molecule has 1 aromatic heterocycles. The maximum atomic E-state index is 12.3. The summed E-state index contributed by atoms with van der Waals surface area (Å²) < 4.78 is 4.98. The number of aromatic nitrogens is 1. The van der Waals surface area contributed by atoms with Gasteiger partial charge in [0.25, 0.3) is 5.91 Å². The Kier molecular flexibility index (Phi) is 3.66. The minimum absolute atomic E-state index is 0.00610. The summed E-state index contributed by atoms with van der Waals surface area (Å²) in [5.74, 6) is -1.50. The van der Waals surface area contributed by atoms with Gasteiger partial charge in [-0.2, -0.15) is 0 Å². The highest BCUT2D eigenvalue weighted by molar-refractivity contribution is 5.98. The molecule has 0 spiro atoms. The van der Waals surface area contributed by atoms with Crippen LogP contribution in [-0.2, 0) is 4.79 Å². The summed E-state index contributed by atoms with van der Waals surface area (Å²) in [6.07, 6.45) is 0.681. The van der Waals surface area contributed by atoms with Gasteiger partial charge in [0, 0.05) is 19.2 Å². The van der Waals surface area contributed by atoms with Crippen LogP contribution >= 0.6 is 0 Å². The van der Waals surface area contributed by atoms with Crippen LogP contribution in [0.1, 0.15) is 16.8 Å². The van der Waals surface area contributed by atoms with Crippen molar-refractivity contribution < 1.29 is 24.5 Å². The maximum absolute atomic E-state index is 12.3. The fraction of sp³-hybridized carbons (Fsp3) is 0.417. The van der Waals surface area contributed by atoms with Gasteiger partial charge in [0.05, 0.1) is 13.2 Å². The second kappa shape index (κ2) is 5.23. The molecule has 1 aromatic rings. The first kappa shape index (κ1) is 13.3. The van der Waals surface area contributed by atoms with Crippen LogP contribution in [0.4, 0.5) is 0 Å². The fourth-order valence-corrected chi connectivity index (χ4v) is 2.14. The van der Waals surface area contributed by atoms with Gasteiger partial charge in [0.15, 0.2) is 0 Å². The van der Waals surface area contributed by atoms with E-state index in [1.54, 1.807) is 6.07 Å². The zero-order valence-corrected chi connectivity index (χ0v) is 10.3. The van der Waals surface area contributed by atoms with E-state index in [-0.39, 0.29) is 24.4 Å². The van der Waals surface area contributed by atoms with Crippen molar-refractivity contribution in [3.63, 3.8) is 0 Å². The van der Waals surface area contributed by atoms with Gasteiger partial charge in [-0.05, 0) is 12.1 Å². The third-order valence-corrected chi connectivity index (χ3v) is 3.02. The lowest BCUT2D eigenvalue weighted by molar-refractivity contribution is -0.141. The Morgan fingerprint density at radius 3 is 2.89 bits per heavy atom. The van der Waals surface area contributed by atoms with Crippen LogP contribution in [0.15, 0.2) is 18.3 Å². The monoisotopic (exact) mass is 266 g/mol. The molecule has 102 valence electrons. The summed E-state index contributed by atoms with van der Waals surface area (Å²) in [5.41, 5.74) is 0.186. The Balaban J connectivity index is 2.30. The van der Waals surface area contributed by atoms with Gasteiger partial charge in [0.1, 0.15) is 11.6 Å². The quantitative estimate of drug-likeness (QED) is 0.782. The van der Waals surface area contributed by atoms with Crippen LogP contribution in [0, 0.1) is 0 Å². The number of aliphatic hydroxyl groups excluding tert-OH is 1. The highest BCUT2D eigenvalue weighted by Gasteiger charge is 2.40. The summed E-state index contributed by atoms with van der Waals surface area (Å²) in [6.45, 7) is -0.00610. The Hall–Kier alpha value is -2.15. The zero-order valence-electron chi connectivity index (χ0n) is 10.3. The molecule has 0 bridgehead atoms. The molecule has 1 amide bonds. The molecule has 1 aliphatic rings. The number of carboxylic acids is 1. The molecule has 0 aliphatic carbocycles. The molecule has 1 unspecified atom stereocenters. The van der Waals surface area contributed by atoms with Crippen molar-refractivity contribution in [1.29, 1.82) is 0 Å². The van der Waals surface area contributed by atoms with Crippen molar-refractivity contribution in [2.45, 2.75) is 18.6 Å². The summed E-state index contributed by atoms with van der Waals surface area (Å²) in [5, 5.41) is 18.6. The summed E-state index contributed by atoms with van der Waals surface area (Å²) in [4.78, 5) is 28.4. The van der Waals surface area contributed by atoms with E-state index in [1.807, 2.05) is 0 Å². The number of aliphatic hydroxyl groups is 1. The van der Waals surface area contributed by atoms with Crippen LogP contribution in [0.3, 0.4) is 0 Å². The highest BCUT2D eigenvalue weighted by Crippen LogP contribution is 2.24. The van der Waals surface area contributed by atoms with E-state index in [2.05, 4.69) is 4.98 Å². The van der Waals surface area contributed by atoms with Crippen molar-refractivity contribution in [1.82, 2.24) is 9.88 Å². The number of ether oxygens (including phenoxy) is 1. The molecule has 2 rings (SSSR count). The van der Waals surface area contributed by atoms with E-state index in [0.29, 0.717) is 0 Å². The van der Waals surface area contributed by atoms with Gasteiger partial charge in [-0.3, -0.25) is 4.79 Å². The second-order valence-corrected chi connectivity index (χ2v) is 4.26. The molecule has 2 heterocycles. The van der Waals surface area contributed by atoms with Crippen LogP contribution in [0.2, 0.25) is 0 Å². The molecule has 0 aromatic carbocycles. The SMILES string of the molecule is COc1ncccc1C(=O)N1CC(O)C[C@H]1C(=O)O. The number of hydrogen-bond acceptors (Lipinski definition) is 5. The maximum Gasteiger partial charge on any atom is 0.326 e. The van der Waals surface area contributed by atoms with Crippen LogP contribution < -0.4 is 4.74 Å². The minimum Gasteiger partial charge on any atom is -0.480 e. The van der Waals surface area contributed by atoms with Gasteiger partial charge < -0.3 is 19.8 Å². The molecule has 2 N–H and O–H groups in total. The Morgan fingerprint density at radius 2 is 2.26 bits per heavy atom. The number of carbonyl (C=O) groups excluding carboxylic acids is 1. The molecule has 0 saturated carbocycles. The number of aliphatic carboxylic acids is 1. The van der Waals surface area contributed by atoms with Crippen molar-refractivity contribution in [3.05, 3.63) is 23.9 Å². The van der Waals surface area contributed by atoms with Crippen LogP contribution in [-0.4, -0.2) is 57.8 Å². The molecule has 7 heteroatoms. The van der Waals surface area contributed by atoms with E-state index in [0.717, 1.165) is 4.90 Å². The summed E-state index contributed by atoms with van der Waals surface area (Å²) >= 11 is 0. The lowest BCUT2D eigenvalue weighted by Crippen LogP contribution is -2.40. The number of likely N-dealkylation sites (tertiary alicyclic amines) is 1. The molecular weight excluding hydrogens is 252 g/mol. The normalized spacial score (nSPS) is 22.3. The molecular formula is C12H14N2O5. The third kappa shape index (κ3) is 2.50. The number of β-amino-alcohol motifs (C(OH)–C–C–N with tert-alkyl or cyclic N) is 1. The molecule has 2 atom stereocenters. The van der Waals surface area contributed by atoms with Crippen molar-refractivity contribution in [2.24, 2.45) is 0 Å². The first-order chi connectivity index (χ1) is 9.04. The fourth-order valence-electron chi connectivity index (χ4n) is 2.14. The molecule has 1 aliphatic heterocycles. The third-order valence-electron chi connectivity index (χ3n) is 3.02. The second-order valence-electron chi connectivity index (χ2n) is 4.26. The standard InChI is InChI=1S/C12H14N2O5/c1-19-10-8(3-2-4-13-10)11(16)14-6-7(15)5-9(14)12(17)18/h2-4,7,9,15H,5-6H2,1H3,(H,17,18)/t7?,9-/m0/s1. The largest absolute Gasteiger partial charge is 0.480 e. The number of pyridine rings is 1. The summed E-state index contributed by atoms with van der Waals surface area (Å²) in [7, 11) is 1.38. The zero-order chi connectivity index (χ0) is 14.0.